The minimum atomic E-state index is -0.405. The molecule has 1 amide bonds. The number of benzene rings is 1. The number of allylic oxidation sites excluding steroid dienone is 2. The van der Waals surface area contributed by atoms with Crippen molar-refractivity contribution in [2.24, 2.45) is 0 Å². The van der Waals surface area contributed by atoms with Gasteiger partial charge < -0.3 is 4.74 Å². The summed E-state index contributed by atoms with van der Waals surface area (Å²) < 4.78 is 4.86. The third-order valence-corrected chi connectivity index (χ3v) is 2.26. The summed E-state index contributed by atoms with van der Waals surface area (Å²) in [4.78, 5) is 11.4. The zero-order valence-corrected chi connectivity index (χ0v) is 10.6. The molecule has 0 spiro atoms. The quantitative estimate of drug-likeness (QED) is 0.804. The third kappa shape index (κ3) is 4.72. The summed E-state index contributed by atoms with van der Waals surface area (Å²) in [5, 5.41) is 2.74. The fourth-order valence-corrected chi connectivity index (χ4v) is 1.41. The molecule has 0 aromatic heterocycles. The molecule has 1 N–H and O–H groups in total. The van der Waals surface area contributed by atoms with E-state index in [1.54, 1.807) is 6.92 Å². The number of rotatable bonds is 4. The van der Waals surface area contributed by atoms with Crippen molar-refractivity contribution in [3.63, 3.8) is 0 Å². The largest absolute Gasteiger partial charge is 0.450 e. The summed E-state index contributed by atoms with van der Waals surface area (Å²) in [6.07, 6.45) is 2.54. The van der Waals surface area contributed by atoms with Crippen molar-refractivity contribution in [1.29, 1.82) is 0 Å². The van der Waals surface area contributed by atoms with Crippen molar-refractivity contribution >= 4 is 11.8 Å². The maximum absolute atomic E-state index is 11.4. The Hall–Kier alpha value is -1.77. The van der Waals surface area contributed by atoms with Gasteiger partial charge in [-0.1, -0.05) is 29.8 Å². The first-order valence-corrected chi connectivity index (χ1v) is 5.78. The second-order valence-corrected chi connectivity index (χ2v) is 3.99. The first-order chi connectivity index (χ1) is 8.13. The Morgan fingerprint density at radius 3 is 2.71 bits per heavy atom. The minimum absolute atomic E-state index is 0.377. The molecule has 92 valence electrons. The van der Waals surface area contributed by atoms with E-state index in [2.05, 4.69) is 25.2 Å². The molecular weight excluding hydrogens is 214 g/mol. The van der Waals surface area contributed by atoms with Crippen LogP contribution < -0.4 is 5.32 Å². The van der Waals surface area contributed by atoms with Crippen molar-refractivity contribution in [1.82, 2.24) is 0 Å². The smallest absolute Gasteiger partial charge is 0.411 e. The second kappa shape index (κ2) is 6.74. The SMILES string of the molecule is CCOC(=O)Nc1ccccc1CC=C(C)C. The third-order valence-electron chi connectivity index (χ3n) is 2.26. The lowest BCUT2D eigenvalue weighted by atomic mass is 10.1. The van der Waals surface area contributed by atoms with E-state index in [9.17, 15) is 4.79 Å². The Bertz CT molecular complexity index is 406. The molecule has 0 radical (unpaired) electrons. The molecule has 3 nitrogen and oxygen atoms in total. The van der Waals surface area contributed by atoms with Crippen LogP contribution in [-0.4, -0.2) is 12.7 Å². The molecule has 0 saturated heterocycles. The Morgan fingerprint density at radius 1 is 1.35 bits per heavy atom. The summed E-state index contributed by atoms with van der Waals surface area (Å²) in [5.74, 6) is 0. The van der Waals surface area contributed by atoms with Crippen LogP contribution in [0.3, 0.4) is 0 Å². The molecule has 17 heavy (non-hydrogen) atoms. The Kier molecular flexibility index (Phi) is 5.27. The van der Waals surface area contributed by atoms with Gasteiger partial charge in [0.15, 0.2) is 0 Å². The van der Waals surface area contributed by atoms with Crippen molar-refractivity contribution in [2.45, 2.75) is 27.2 Å². The van der Waals surface area contributed by atoms with Gasteiger partial charge in [0, 0.05) is 5.69 Å². The molecule has 0 fully saturated rings. The number of hydrogen-bond acceptors (Lipinski definition) is 2. The number of anilines is 1. The van der Waals surface area contributed by atoms with E-state index in [-0.39, 0.29) is 0 Å². The van der Waals surface area contributed by atoms with Gasteiger partial charge in [0.05, 0.1) is 6.61 Å². The van der Waals surface area contributed by atoms with Gasteiger partial charge in [-0.3, -0.25) is 5.32 Å². The highest BCUT2D eigenvalue weighted by Crippen LogP contribution is 2.16. The molecule has 0 heterocycles. The van der Waals surface area contributed by atoms with Gasteiger partial charge in [-0.2, -0.15) is 0 Å². The fraction of sp³-hybridized carbons (Fsp3) is 0.357. The van der Waals surface area contributed by atoms with Gasteiger partial charge in [-0.05, 0) is 38.8 Å². The number of nitrogens with one attached hydrogen (secondary N) is 1. The van der Waals surface area contributed by atoms with E-state index in [1.807, 2.05) is 24.3 Å². The van der Waals surface area contributed by atoms with Crippen molar-refractivity contribution < 1.29 is 9.53 Å². The molecule has 3 heteroatoms. The molecule has 0 aliphatic carbocycles. The Labute approximate surface area is 102 Å². The zero-order valence-electron chi connectivity index (χ0n) is 10.6. The summed E-state index contributed by atoms with van der Waals surface area (Å²) in [6, 6.07) is 7.74. The molecule has 1 aromatic rings. The fourth-order valence-electron chi connectivity index (χ4n) is 1.41. The Balaban J connectivity index is 2.77. The Morgan fingerprint density at radius 2 is 2.06 bits per heavy atom. The number of hydrogen-bond donors (Lipinski definition) is 1. The van der Waals surface area contributed by atoms with E-state index in [1.165, 1.54) is 5.57 Å². The molecule has 1 aromatic carbocycles. The highest BCUT2D eigenvalue weighted by atomic mass is 16.5. The van der Waals surface area contributed by atoms with Crippen LogP contribution in [0.4, 0.5) is 10.5 Å². The van der Waals surface area contributed by atoms with Crippen LogP contribution in [0.15, 0.2) is 35.9 Å². The van der Waals surface area contributed by atoms with Crippen molar-refractivity contribution in [3.05, 3.63) is 41.5 Å². The van der Waals surface area contributed by atoms with Gasteiger partial charge in [0.1, 0.15) is 0 Å². The maximum atomic E-state index is 11.4. The van der Waals surface area contributed by atoms with Crippen LogP contribution in [0.1, 0.15) is 26.3 Å². The van der Waals surface area contributed by atoms with Gasteiger partial charge >= 0.3 is 6.09 Å². The molecular formula is C14H19NO2. The summed E-state index contributed by atoms with van der Waals surface area (Å²) in [7, 11) is 0. The van der Waals surface area contributed by atoms with Crippen molar-refractivity contribution in [3.8, 4) is 0 Å². The summed E-state index contributed by atoms with van der Waals surface area (Å²) >= 11 is 0. The zero-order chi connectivity index (χ0) is 12.7. The van der Waals surface area contributed by atoms with Gasteiger partial charge in [0.2, 0.25) is 0 Å². The highest BCUT2D eigenvalue weighted by molar-refractivity contribution is 5.85. The molecule has 0 aliphatic heterocycles. The first-order valence-electron chi connectivity index (χ1n) is 5.78. The lowest BCUT2D eigenvalue weighted by Crippen LogP contribution is -2.14. The van der Waals surface area contributed by atoms with Crippen LogP contribution in [0.25, 0.3) is 0 Å². The lowest BCUT2D eigenvalue weighted by Gasteiger charge is -2.09. The molecule has 0 unspecified atom stereocenters. The molecule has 1 rings (SSSR count). The number of carbonyl (C=O) groups excluding carboxylic acids is 1. The predicted molar refractivity (Wildman–Crippen MR) is 70.2 cm³/mol. The van der Waals surface area contributed by atoms with E-state index in [4.69, 9.17) is 4.74 Å². The topological polar surface area (TPSA) is 38.3 Å². The number of amides is 1. The predicted octanol–water partition coefficient (Wildman–Crippen LogP) is 3.76. The minimum Gasteiger partial charge on any atom is -0.450 e. The average molecular weight is 233 g/mol. The summed E-state index contributed by atoms with van der Waals surface area (Å²) in [6.45, 7) is 6.28. The van der Waals surface area contributed by atoms with E-state index in [0.717, 1.165) is 17.7 Å². The first kappa shape index (κ1) is 13.3. The lowest BCUT2D eigenvalue weighted by molar-refractivity contribution is 0.168. The van der Waals surface area contributed by atoms with Gasteiger partial charge in [-0.15, -0.1) is 0 Å². The standard InChI is InChI=1S/C14H19NO2/c1-4-17-14(16)15-13-8-6-5-7-12(13)10-9-11(2)3/h5-9H,4,10H2,1-3H3,(H,15,16). The number of ether oxygens (including phenoxy) is 1. The van der Waals surface area contributed by atoms with Crippen LogP contribution >= 0.6 is 0 Å². The monoisotopic (exact) mass is 233 g/mol. The highest BCUT2D eigenvalue weighted by Gasteiger charge is 2.05. The average Bonchev–Trinajstić information content (AvgIpc) is 2.28. The molecule has 0 bridgehead atoms. The molecule has 0 atom stereocenters. The molecule has 0 saturated carbocycles. The van der Waals surface area contributed by atoms with Gasteiger partial charge in [0.25, 0.3) is 0 Å². The van der Waals surface area contributed by atoms with E-state index >= 15 is 0 Å². The van der Waals surface area contributed by atoms with Crippen LogP contribution in [0.2, 0.25) is 0 Å². The van der Waals surface area contributed by atoms with E-state index in [0.29, 0.717) is 6.61 Å². The second-order valence-electron chi connectivity index (χ2n) is 3.99. The molecule has 0 aliphatic rings. The number of para-hydroxylation sites is 1. The van der Waals surface area contributed by atoms with E-state index < -0.39 is 6.09 Å². The number of carbonyl (C=O) groups is 1. The van der Waals surface area contributed by atoms with Crippen LogP contribution in [0.5, 0.6) is 0 Å². The van der Waals surface area contributed by atoms with Gasteiger partial charge in [-0.25, -0.2) is 4.79 Å². The van der Waals surface area contributed by atoms with Crippen LogP contribution in [0, 0.1) is 0 Å². The van der Waals surface area contributed by atoms with Crippen LogP contribution in [-0.2, 0) is 11.2 Å². The normalized spacial score (nSPS) is 9.59. The summed E-state index contributed by atoms with van der Waals surface area (Å²) in [5.41, 5.74) is 3.15. The maximum Gasteiger partial charge on any atom is 0.411 e. The van der Waals surface area contributed by atoms with Crippen molar-refractivity contribution in [2.75, 3.05) is 11.9 Å².